The summed E-state index contributed by atoms with van der Waals surface area (Å²) < 4.78 is 11.4. The zero-order chi connectivity index (χ0) is 19.3. The van der Waals surface area contributed by atoms with Crippen molar-refractivity contribution in [3.8, 4) is 22.4 Å². The highest BCUT2D eigenvalue weighted by Crippen LogP contribution is 2.56. The molecule has 2 atom stereocenters. The van der Waals surface area contributed by atoms with Crippen LogP contribution in [0.2, 0.25) is 0 Å². The Kier molecular flexibility index (Phi) is 3.84. The van der Waals surface area contributed by atoms with Gasteiger partial charge in [0.25, 0.3) is 0 Å². The third-order valence-electron chi connectivity index (χ3n) is 6.64. The van der Waals surface area contributed by atoms with Gasteiger partial charge in [0.15, 0.2) is 6.20 Å². The second-order valence-corrected chi connectivity index (χ2v) is 8.33. The van der Waals surface area contributed by atoms with Crippen LogP contribution in [0.4, 0.5) is 0 Å². The van der Waals surface area contributed by atoms with Crippen LogP contribution >= 0.6 is 0 Å². The molecule has 2 bridgehead atoms. The molecule has 0 aliphatic heterocycles. The molecular formula is C26H28N+. The third kappa shape index (κ3) is 2.90. The van der Waals surface area contributed by atoms with Crippen molar-refractivity contribution < 1.29 is 5.94 Å². The lowest BCUT2D eigenvalue weighted by atomic mass is 9.55. The van der Waals surface area contributed by atoms with Crippen LogP contribution in [-0.2, 0) is 7.05 Å². The van der Waals surface area contributed by atoms with Gasteiger partial charge in [0.05, 0.1) is 0 Å². The summed E-state index contributed by atoms with van der Waals surface area (Å²) in [5, 5.41) is 0. The van der Waals surface area contributed by atoms with Gasteiger partial charge in [0.1, 0.15) is 7.05 Å². The van der Waals surface area contributed by atoms with Crippen LogP contribution in [0.5, 0.6) is 0 Å². The SMILES string of the molecule is [2H]C1(c2cccc(-c3ccc(-c4ccccc4C)[n+](C)c3)c2)C2CCCC1C2. The van der Waals surface area contributed by atoms with E-state index in [0.717, 1.165) is 0 Å². The first kappa shape index (κ1) is 15.6. The molecule has 0 amide bonds. The van der Waals surface area contributed by atoms with Gasteiger partial charge in [-0.3, -0.25) is 0 Å². The molecule has 27 heavy (non-hydrogen) atoms. The standard InChI is InChI=1S/C26H28N/c1-18-7-3-4-12-24(18)25-14-13-23(17-27(25)2)19-8-5-9-20(15-19)26-21-10-6-11-22(26)16-21/h3-5,7-9,12-15,17,21-22,26H,6,10-11,16H2,1-2H3/q+1/i26D. The molecule has 1 aromatic heterocycles. The van der Waals surface area contributed by atoms with Crippen molar-refractivity contribution in [2.24, 2.45) is 18.9 Å². The third-order valence-corrected chi connectivity index (χ3v) is 6.64. The fourth-order valence-corrected chi connectivity index (χ4v) is 5.20. The molecule has 0 spiro atoms. The number of aryl methyl sites for hydroxylation is 2. The highest BCUT2D eigenvalue weighted by atomic mass is 14.9. The number of aromatic nitrogens is 1. The summed E-state index contributed by atoms with van der Waals surface area (Å²) in [6.07, 6.45) is 7.24. The number of hydrogen-bond donors (Lipinski definition) is 0. The molecule has 2 aromatic carbocycles. The van der Waals surface area contributed by atoms with Crippen LogP contribution in [0, 0.1) is 18.8 Å². The van der Waals surface area contributed by atoms with E-state index in [1.54, 1.807) is 0 Å². The van der Waals surface area contributed by atoms with Gasteiger partial charge in [0.2, 0.25) is 5.69 Å². The Bertz CT molecular complexity index is 1020. The molecule has 1 heterocycles. The molecule has 2 saturated carbocycles. The van der Waals surface area contributed by atoms with Crippen LogP contribution in [0.3, 0.4) is 0 Å². The maximum atomic E-state index is 9.18. The minimum atomic E-state index is -0.350. The molecule has 2 aliphatic carbocycles. The molecule has 3 aromatic rings. The van der Waals surface area contributed by atoms with Crippen LogP contribution in [-0.4, -0.2) is 0 Å². The zero-order valence-electron chi connectivity index (χ0n) is 17.3. The van der Waals surface area contributed by atoms with Crippen LogP contribution in [0.1, 0.15) is 44.1 Å². The summed E-state index contributed by atoms with van der Waals surface area (Å²) in [7, 11) is 2.12. The van der Waals surface area contributed by atoms with E-state index in [4.69, 9.17) is 0 Å². The summed E-state index contributed by atoms with van der Waals surface area (Å²) in [4.78, 5) is 0. The highest BCUT2D eigenvalue weighted by molar-refractivity contribution is 5.66. The molecule has 5 rings (SSSR count). The van der Waals surface area contributed by atoms with Crippen molar-refractivity contribution in [1.29, 1.82) is 0 Å². The Morgan fingerprint density at radius 2 is 1.74 bits per heavy atom. The number of hydrogen-bond acceptors (Lipinski definition) is 0. The number of nitrogens with zero attached hydrogens (tertiary/aromatic N) is 1. The predicted molar refractivity (Wildman–Crippen MR) is 111 cm³/mol. The minimum absolute atomic E-state index is 0.350. The van der Waals surface area contributed by atoms with Crippen LogP contribution < -0.4 is 4.57 Å². The maximum Gasteiger partial charge on any atom is 0.212 e. The number of benzene rings is 2. The fourth-order valence-electron chi connectivity index (χ4n) is 5.20. The molecule has 2 fully saturated rings. The molecule has 1 heteroatoms. The quantitative estimate of drug-likeness (QED) is 0.503. The topological polar surface area (TPSA) is 3.88 Å². The van der Waals surface area contributed by atoms with Gasteiger partial charge in [-0.1, -0.05) is 48.9 Å². The molecule has 0 radical (unpaired) electrons. The zero-order valence-corrected chi connectivity index (χ0v) is 16.3. The fraction of sp³-hybridized carbons (Fsp3) is 0.346. The number of rotatable bonds is 3. The molecule has 136 valence electrons. The highest BCUT2D eigenvalue weighted by Gasteiger charge is 2.44. The van der Waals surface area contributed by atoms with Gasteiger partial charge in [-0.25, -0.2) is 4.57 Å². The van der Waals surface area contributed by atoms with E-state index in [1.807, 2.05) is 0 Å². The van der Waals surface area contributed by atoms with Gasteiger partial charge in [0, 0.05) is 18.6 Å². The average molecular weight is 356 g/mol. The van der Waals surface area contributed by atoms with Crippen molar-refractivity contribution in [1.82, 2.24) is 0 Å². The van der Waals surface area contributed by atoms with E-state index in [-0.39, 0.29) is 5.89 Å². The van der Waals surface area contributed by atoms with Crippen molar-refractivity contribution in [3.05, 3.63) is 78.0 Å². The van der Waals surface area contributed by atoms with Crippen LogP contribution in [0.25, 0.3) is 22.4 Å². The Balaban J connectivity index is 1.51. The summed E-state index contributed by atoms with van der Waals surface area (Å²) in [6, 6.07) is 21.8. The van der Waals surface area contributed by atoms with Gasteiger partial charge < -0.3 is 0 Å². The Morgan fingerprint density at radius 3 is 2.48 bits per heavy atom. The lowest BCUT2D eigenvalue weighted by molar-refractivity contribution is -0.659. The molecule has 0 N–H and O–H groups in total. The molecule has 0 saturated heterocycles. The van der Waals surface area contributed by atoms with E-state index in [0.29, 0.717) is 11.8 Å². The minimum Gasteiger partial charge on any atom is -0.200 e. The van der Waals surface area contributed by atoms with E-state index in [2.05, 4.69) is 85.4 Å². The summed E-state index contributed by atoms with van der Waals surface area (Å²) in [5.74, 6) is 0.763. The summed E-state index contributed by atoms with van der Waals surface area (Å²) in [5.41, 5.74) is 7.45. The van der Waals surface area contributed by atoms with Gasteiger partial charge in [-0.05, 0) is 72.7 Å². The predicted octanol–water partition coefficient (Wildman–Crippen LogP) is 6.06. The number of fused-ring (bicyclic) bond motifs is 2. The lowest BCUT2D eigenvalue weighted by Gasteiger charge is -2.50. The van der Waals surface area contributed by atoms with Gasteiger partial charge >= 0.3 is 0 Å². The second kappa shape index (κ2) is 6.64. The van der Waals surface area contributed by atoms with Gasteiger partial charge in [-0.15, -0.1) is 0 Å². The Hall–Kier alpha value is -2.41. The van der Waals surface area contributed by atoms with Crippen LogP contribution in [0.15, 0.2) is 66.9 Å². The maximum absolute atomic E-state index is 9.18. The van der Waals surface area contributed by atoms with Crippen molar-refractivity contribution in [3.63, 3.8) is 0 Å². The average Bonchev–Trinajstić information content (AvgIpc) is 2.74. The summed E-state index contributed by atoms with van der Waals surface area (Å²) in [6.45, 7) is 2.16. The van der Waals surface area contributed by atoms with Crippen molar-refractivity contribution >= 4 is 0 Å². The first-order valence-corrected chi connectivity index (χ1v) is 10.2. The molecule has 2 unspecified atom stereocenters. The Labute approximate surface area is 164 Å². The van der Waals surface area contributed by atoms with E-state index < -0.39 is 0 Å². The van der Waals surface area contributed by atoms with E-state index >= 15 is 0 Å². The molecular weight excluding hydrogens is 326 g/mol. The lowest BCUT2D eigenvalue weighted by Crippen LogP contribution is -2.38. The smallest absolute Gasteiger partial charge is 0.200 e. The van der Waals surface area contributed by atoms with E-state index in [1.165, 1.54) is 59.2 Å². The first-order chi connectivity index (χ1) is 13.6. The van der Waals surface area contributed by atoms with Gasteiger partial charge in [-0.2, -0.15) is 0 Å². The van der Waals surface area contributed by atoms with E-state index in [9.17, 15) is 1.37 Å². The summed E-state index contributed by atoms with van der Waals surface area (Å²) >= 11 is 0. The van der Waals surface area contributed by atoms with Crippen molar-refractivity contribution in [2.45, 2.75) is 38.5 Å². The second-order valence-electron chi connectivity index (χ2n) is 8.33. The monoisotopic (exact) mass is 355 g/mol. The Morgan fingerprint density at radius 1 is 0.926 bits per heavy atom. The molecule has 2 aliphatic rings. The normalized spacial score (nSPS) is 27.0. The molecule has 1 nitrogen and oxygen atoms in total. The van der Waals surface area contributed by atoms with Crippen molar-refractivity contribution in [2.75, 3.05) is 0 Å². The number of pyridine rings is 1. The first-order valence-electron chi connectivity index (χ1n) is 10.7. The largest absolute Gasteiger partial charge is 0.212 e.